The second kappa shape index (κ2) is 7.29. The molecule has 1 aliphatic rings. The van der Waals surface area contributed by atoms with Crippen molar-refractivity contribution in [2.45, 2.75) is 0 Å². The van der Waals surface area contributed by atoms with Gasteiger partial charge < -0.3 is 14.3 Å². The molecule has 0 aliphatic carbocycles. The first kappa shape index (κ1) is 16.8. The normalized spacial score (nSPS) is 14.5. The van der Waals surface area contributed by atoms with Gasteiger partial charge in [-0.1, -0.05) is 35.5 Å². The second-order valence-electron chi connectivity index (χ2n) is 6.06. The van der Waals surface area contributed by atoms with E-state index in [-0.39, 0.29) is 11.7 Å². The Kier molecular flexibility index (Phi) is 4.71. The minimum absolute atomic E-state index is 0.122. The van der Waals surface area contributed by atoms with Gasteiger partial charge in [0.2, 0.25) is 5.76 Å². The summed E-state index contributed by atoms with van der Waals surface area (Å²) in [6.45, 7) is 2.72. The monoisotopic (exact) mass is 412 g/mol. The molecule has 1 aromatic carbocycles. The molecule has 4 rings (SSSR count). The van der Waals surface area contributed by atoms with Crippen molar-refractivity contribution in [3.05, 3.63) is 65.0 Å². The van der Waals surface area contributed by atoms with Crippen molar-refractivity contribution < 1.29 is 9.32 Å². The van der Waals surface area contributed by atoms with E-state index in [4.69, 9.17) is 4.52 Å². The lowest BCUT2D eigenvalue weighted by Gasteiger charge is -2.34. The van der Waals surface area contributed by atoms with E-state index in [1.807, 2.05) is 42.5 Å². The van der Waals surface area contributed by atoms with Gasteiger partial charge in [-0.15, -0.1) is 0 Å². The van der Waals surface area contributed by atoms with Gasteiger partial charge in [0.25, 0.3) is 5.91 Å². The summed E-state index contributed by atoms with van der Waals surface area (Å²) in [6, 6.07) is 15.3. The molecule has 0 spiro atoms. The Hall–Kier alpha value is -2.67. The maximum absolute atomic E-state index is 12.7. The number of pyridine rings is 1. The van der Waals surface area contributed by atoms with Crippen LogP contribution in [0.4, 0.5) is 5.82 Å². The summed E-state index contributed by atoms with van der Waals surface area (Å²) >= 11 is 3.39. The quantitative estimate of drug-likeness (QED) is 0.658. The predicted octanol–water partition coefficient (Wildman–Crippen LogP) is 3.46. The Morgan fingerprint density at radius 3 is 2.50 bits per heavy atom. The predicted molar refractivity (Wildman–Crippen MR) is 102 cm³/mol. The number of nitrogens with zero attached hydrogens (tertiary/aromatic N) is 4. The van der Waals surface area contributed by atoms with Crippen LogP contribution >= 0.6 is 15.9 Å². The van der Waals surface area contributed by atoms with Crippen LogP contribution in [0.1, 0.15) is 10.6 Å². The minimum atomic E-state index is -0.122. The Morgan fingerprint density at radius 2 is 1.81 bits per heavy atom. The number of carbonyl (C=O) groups is 1. The van der Waals surface area contributed by atoms with E-state index in [1.54, 1.807) is 17.2 Å². The average Bonchev–Trinajstić information content (AvgIpc) is 3.19. The van der Waals surface area contributed by atoms with Gasteiger partial charge in [-0.2, -0.15) is 0 Å². The number of rotatable bonds is 3. The summed E-state index contributed by atoms with van der Waals surface area (Å²) in [6.07, 6.45) is 1.78. The van der Waals surface area contributed by atoms with Gasteiger partial charge in [0.15, 0.2) is 0 Å². The van der Waals surface area contributed by atoms with Gasteiger partial charge in [0, 0.05) is 48.5 Å². The van der Waals surface area contributed by atoms with Gasteiger partial charge >= 0.3 is 0 Å². The topological polar surface area (TPSA) is 62.5 Å². The van der Waals surface area contributed by atoms with Gasteiger partial charge in [0.05, 0.1) is 0 Å². The van der Waals surface area contributed by atoms with Crippen LogP contribution in [0.3, 0.4) is 0 Å². The zero-order valence-electron chi connectivity index (χ0n) is 14.0. The third-order valence-corrected chi connectivity index (χ3v) is 4.86. The molecule has 7 heteroatoms. The molecule has 0 atom stereocenters. The van der Waals surface area contributed by atoms with Crippen LogP contribution in [-0.4, -0.2) is 47.1 Å². The zero-order valence-corrected chi connectivity index (χ0v) is 15.6. The molecule has 3 aromatic rings. The highest BCUT2D eigenvalue weighted by molar-refractivity contribution is 9.10. The van der Waals surface area contributed by atoms with E-state index in [1.165, 1.54) is 0 Å². The fourth-order valence-corrected chi connectivity index (χ4v) is 3.21. The van der Waals surface area contributed by atoms with Crippen LogP contribution in [0.25, 0.3) is 11.3 Å². The molecule has 1 saturated heterocycles. The number of carbonyl (C=O) groups excluding carboxylic acids is 1. The molecule has 2 aromatic heterocycles. The zero-order chi connectivity index (χ0) is 17.9. The van der Waals surface area contributed by atoms with Crippen molar-refractivity contribution in [3.63, 3.8) is 0 Å². The van der Waals surface area contributed by atoms with Crippen molar-refractivity contribution in [3.8, 4) is 11.3 Å². The lowest BCUT2D eigenvalue weighted by atomic mass is 10.1. The standard InChI is InChI=1S/C19H17BrN4O2/c20-15-6-7-18(21-13-15)23-8-10-24(11-9-23)19(25)17-12-16(22-26-17)14-4-2-1-3-5-14/h1-7,12-13H,8-11H2. The third-order valence-electron chi connectivity index (χ3n) is 4.39. The maximum Gasteiger partial charge on any atom is 0.292 e. The highest BCUT2D eigenvalue weighted by atomic mass is 79.9. The number of hydrogen-bond donors (Lipinski definition) is 0. The Bertz CT molecular complexity index is 887. The smallest absolute Gasteiger partial charge is 0.292 e. The summed E-state index contributed by atoms with van der Waals surface area (Å²) in [5, 5.41) is 4.03. The molecule has 0 bridgehead atoms. The van der Waals surface area contributed by atoms with E-state index < -0.39 is 0 Å². The van der Waals surface area contributed by atoms with E-state index in [0.717, 1.165) is 28.9 Å². The number of aromatic nitrogens is 2. The second-order valence-corrected chi connectivity index (χ2v) is 6.97. The van der Waals surface area contributed by atoms with Crippen molar-refractivity contribution >= 4 is 27.7 Å². The summed E-state index contributed by atoms with van der Waals surface area (Å²) in [7, 11) is 0. The lowest BCUT2D eigenvalue weighted by molar-refractivity contribution is 0.0704. The average molecular weight is 413 g/mol. The van der Waals surface area contributed by atoms with Crippen LogP contribution in [0.15, 0.2) is 63.7 Å². The van der Waals surface area contributed by atoms with Crippen LogP contribution in [0, 0.1) is 0 Å². The van der Waals surface area contributed by atoms with Gasteiger partial charge in [-0.05, 0) is 28.1 Å². The molecule has 132 valence electrons. The van der Waals surface area contributed by atoms with E-state index in [0.29, 0.717) is 18.8 Å². The van der Waals surface area contributed by atoms with Crippen molar-refractivity contribution in [1.29, 1.82) is 0 Å². The molecule has 26 heavy (non-hydrogen) atoms. The van der Waals surface area contributed by atoms with Gasteiger partial charge in [0.1, 0.15) is 11.5 Å². The van der Waals surface area contributed by atoms with E-state index in [9.17, 15) is 4.79 Å². The minimum Gasteiger partial charge on any atom is -0.353 e. The third kappa shape index (κ3) is 3.48. The molecular formula is C19H17BrN4O2. The molecular weight excluding hydrogens is 396 g/mol. The van der Waals surface area contributed by atoms with Crippen molar-refractivity contribution in [2.24, 2.45) is 0 Å². The summed E-state index contributed by atoms with van der Waals surface area (Å²) in [4.78, 5) is 21.1. The molecule has 3 heterocycles. The largest absolute Gasteiger partial charge is 0.353 e. The highest BCUT2D eigenvalue weighted by Gasteiger charge is 2.25. The summed E-state index contributed by atoms with van der Waals surface area (Å²) in [5.41, 5.74) is 1.60. The first-order valence-corrected chi connectivity index (χ1v) is 9.18. The number of benzene rings is 1. The van der Waals surface area contributed by atoms with Gasteiger partial charge in [-0.3, -0.25) is 4.79 Å². The molecule has 0 unspecified atom stereocenters. The molecule has 1 aliphatic heterocycles. The Balaban J connectivity index is 1.41. The molecule has 0 N–H and O–H groups in total. The van der Waals surface area contributed by atoms with E-state index in [2.05, 4.69) is 31.0 Å². The lowest BCUT2D eigenvalue weighted by Crippen LogP contribution is -2.49. The Labute approximate surface area is 159 Å². The van der Waals surface area contributed by atoms with Crippen LogP contribution in [0.2, 0.25) is 0 Å². The summed E-state index contributed by atoms with van der Waals surface area (Å²) in [5.74, 6) is 1.08. The molecule has 6 nitrogen and oxygen atoms in total. The van der Waals surface area contributed by atoms with Crippen LogP contribution in [-0.2, 0) is 0 Å². The fourth-order valence-electron chi connectivity index (χ4n) is 2.97. The Morgan fingerprint density at radius 1 is 1.04 bits per heavy atom. The van der Waals surface area contributed by atoms with Crippen LogP contribution in [0.5, 0.6) is 0 Å². The van der Waals surface area contributed by atoms with Crippen molar-refractivity contribution in [1.82, 2.24) is 15.0 Å². The summed E-state index contributed by atoms with van der Waals surface area (Å²) < 4.78 is 6.24. The van der Waals surface area contributed by atoms with Crippen molar-refractivity contribution in [2.75, 3.05) is 31.1 Å². The first-order valence-electron chi connectivity index (χ1n) is 8.38. The molecule has 1 amide bonds. The molecule has 1 fully saturated rings. The fraction of sp³-hybridized carbons (Fsp3) is 0.211. The highest BCUT2D eigenvalue weighted by Crippen LogP contribution is 2.21. The van der Waals surface area contributed by atoms with Gasteiger partial charge in [-0.25, -0.2) is 4.98 Å². The number of amides is 1. The van der Waals surface area contributed by atoms with Crippen LogP contribution < -0.4 is 4.90 Å². The number of piperazine rings is 1. The van der Waals surface area contributed by atoms with E-state index >= 15 is 0 Å². The number of anilines is 1. The number of hydrogen-bond acceptors (Lipinski definition) is 5. The first-order chi connectivity index (χ1) is 12.7. The molecule has 0 saturated carbocycles. The molecule has 0 radical (unpaired) electrons. The SMILES string of the molecule is O=C(c1cc(-c2ccccc2)no1)N1CCN(c2ccc(Br)cn2)CC1. The maximum atomic E-state index is 12.7. The number of halogens is 1.